The monoisotopic (exact) mass is 603 g/mol. The third-order valence-corrected chi connectivity index (χ3v) is 9.06. The van der Waals surface area contributed by atoms with E-state index in [1.165, 1.54) is 11.1 Å². The quantitative estimate of drug-likeness (QED) is 0.201. The zero-order chi connectivity index (χ0) is 31.3. The number of fused-ring (bicyclic) bond motifs is 4. The van der Waals surface area contributed by atoms with Crippen LogP contribution in [0.25, 0.3) is 66.6 Å². The van der Waals surface area contributed by atoms with Crippen molar-refractivity contribution in [2.75, 3.05) is 11.9 Å². The zero-order valence-electron chi connectivity index (χ0n) is 25.8. The van der Waals surface area contributed by atoms with E-state index in [4.69, 9.17) is 14.7 Å². The van der Waals surface area contributed by atoms with Crippen LogP contribution in [0.4, 0.5) is 11.4 Å². The Balaban J connectivity index is 1.12. The molecule has 8 aromatic rings. The van der Waals surface area contributed by atoms with Crippen LogP contribution in [-0.4, -0.2) is 17.0 Å². The van der Waals surface area contributed by atoms with Crippen molar-refractivity contribution in [2.45, 2.75) is 0 Å². The molecule has 2 aromatic heterocycles. The molecule has 4 heteroatoms. The maximum atomic E-state index is 6.68. The topological polar surface area (TPSA) is 38.2 Å². The number of pyridine rings is 2. The summed E-state index contributed by atoms with van der Waals surface area (Å²) in [5.41, 5.74) is 12.4. The molecule has 0 N–H and O–H groups in total. The Bertz CT molecular complexity index is 2280. The lowest BCUT2D eigenvalue weighted by Gasteiger charge is -2.30. The molecule has 0 spiro atoms. The molecule has 0 aliphatic carbocycles. The van der Waals surface area contributed by atoms with Gasteiger partial charge in [-0.15, -0.1) is 0 Å². The highest BCUT2D eigenvalue weighted by atomic mass is 16.5. The van der Waals surface area contributed by atoms with Crippen molar-refractivity contribution < 1.29 is 4.74 Å². The average Bonchev–Trinajstić information content (AvgIpc) is 3.14. The summed E-state index contributed by atoms with van der Waals surface area (Å²) in [6.07, 6.45) is 0. The molecule has 1 aliphatic rings. The van der Waals surface area contributed by atoms with Gasteiger partial charge in [-0.1, -0.05) is 109 Å². The Labute approximate surface area is 273 Å². The molecule has 1 aliphatic heterocycles. The predicted molar refractivity (Wildman–Crippen MR) is 193 cm³/mol. The van der Waals surface area contributed by atoms with Crippen LogP contribution in [0.1, 0.15) is 0 Å². The Morgan fingerprint density at radius 1 is 0.426 bits per heavy atom. The third kappa shape index (κ3) is 4.70. The second-order valence-corrected chi connectivity index (χ2v) is 11.9. The van der Waals surface area contributed by atoms with Gasteiger partial charge in [0.05, 0.1) is 33.8 Å². The summed E-state index contributed by atoms with van der Waals surface area (Å²) in [6, 6.07) is 54.8. The van der Waals surface area contributed by atoms with Crippen molar-refractivity contribution in [3.8, 4) is 56.3 Å². The minimum Gasteiger partial charge on any atom is -0.453 e. The van der Waals surface area contributed by atoms with E-state index >= 15 is 0 Å². The summed E-state index contributed by atoms with van der Waals surface area (Å²) in [4.78, 5) is 12.3. The first kappa shape index (κ1) is 27.1. The van der Waals surface area contributed by atoms with Crippen LogP contribution in [0.2, 0.25) is 0 Å². The Morgan fingerprint density at radius 3 is 1.32 bits per heavy atom. The summed E-state index contributed by atoms with van der Waals surface area (Å²) in [5.74, 6) is 1.59. The van der Waals surface area contributed by atoms with Gasteiger partial charge in [0, 0.05) is 28.9 Å². The first-order valence-electron chi connectivity index (χ1n) is 15.8. The van der Waals surface area contributed by atoms with E-state index in [9.17, 15) is 0 Å². The van der Waals surface area contributed by atoms with Gasteiger partial charge >= 0.3 is 0 Å². The van der Waals surface area contributed by atoms with E-state index in [2.05, 4.69) is 145 Å². The number of nitrogens with zero attached hydrogens (tertiary/aromatic N) is 3. The molecule has 0 saturated heterocycles. The second kappa shape index (κ2) is 11.0. The van der Waals surface area contributed by atoms with Crippen molar-refractivity contribution in [1.82, 2.24) is 9.97 Å². The van der Waals surface area contributed by atoms with Gasteiger partial charge in [-0.25, -0.2) is 9.97 Å². The van der Waals surface area contributed by atoms with Crippen LogP contribution in [0.5, 0.6) is 11.5 Å². The number of rotatable bonds is 4. The normalized spacial score (nSPS) is 12.1. The molecule has 6 aromatic carbocycles. The van der Waals surface area contributed by atoms with E-state index in [-0.39, 0.29) is 0 Å². The molecule has 0 amide bonds. The molecule has 0 fully saturated rings. The molecule has 0 unspecified atom stereocenters. The summed E-state index contributed by atoms with van der Waals surface area (Å²) >= 11 is 0. The number of para-hydroxylation sites is 2. The highest BCUT2D eigenvalue weighted by molar-refractivity contribution is 5.98. The zero-order valence-corrected chi connectivity index (χ0v) is 25.8. The number of anilines is 2. The van der Waals surface area contributed by atoms with E-state index in [0.29, 0.717) is 0 Å². The predicted octanol–water partition coefficient (Wildman–Crippen LogP) is 11.3. The van der Waals surface area contributed by atoms with Crippen LogP contribution < -0.4 is 9.64 Å². The Morgan fingerprint density at radius 2 is 0.851 bits per heavy atom. The number of aromatic nitrogens is 2. The molecule has 0 radical (unpaired) electrons. The van der Waals surface area contributed by atoms with Gasteiger partial charge in [-0.2, -0.15) is 0 Å². The fraction of sp³-hybridized carbons (Fsp3) is 0.0233. The van der Waals surface area contributed by atoms with Crippen LogP contribution in [0.15, 0.2) is 158 Å². The molecule has 3 heterocycles. The SMILES string of the molecule is CN1c2ccc(-c3cc(-c4ccccc4)c4ccccc4n3)cc2Oc2cc(-c3cc(-c4ccccc4)c4ccccc4n3)ccc21. The highest BCUT2D eigenvalue weighted by Crippen LogP contribution is 2.48. The van der Waals surface area contributed by atoms with Crippen LogP contribution in [0.3, 0.4) is 0 Å². The van der Waals surface area contributed by atoms with Gasteiger partial charge in [0.1, 0.15) is 0 Å². The van der Waals surface area contributed by atoms with Crippen molar-refractivity contribution >= 4 is 33.2 Å². The van der Waals surface area contributed by atoms with Gasteiger partial charge < -0.3 is 9.64 Å². The molecule has 0 atom stereocenters. The molecule has 47 heavy (non-hydrogen) atoms. The lowest BCUT2D eigenvalue weighted by atomic mass is 9.97. The van der Waals surface area contributed by atoms with Crippen molar-refractivity contribution in [1.29, 1.82) is 0 Å². The minimum absolute atomic E-state index is 0.794. The Hall–Kier alpha value is -6.26. The lowest BCUT2D eigenvalue weighted by molar-refractivity contribution is 0.476. The molecule has 0 bridgehead atoms. The maximum absolute atomic E-state index is 6.68. The van der Waals surface area contributed by atoms with Gasteiger partial charge in [0.15, 0.2) is 11.5 Å². The van der Waals surface area contributed by atoms with E-state index in [0.717, 1.165) is 78.3 Å². The van der Waals surface area contributed by atoms with Crippen molar-refractivity contribution in [3.05, 3.63) is 158 Å². The number of hydrogen-bond donors (Lipinski definition) is 0. The number of ether oxygens (including phenoxy) is 1. The lowest BCUT2D eigenvalue weighted by Crippen LogP contribution is -2.15. The summed E-state index contributed by atoms with van der Waals surface area (Å²) in [6.45, 7) is 0. The molecule has 4 nitrogen and oxygen atoms in total. The molecule has 9 rings (SSSR count). The number of hydrogen-bond acceptors (Lipinski definition) is 4. The van der Waals surface area contributed by atoms with Crippen molar-refractivity contribution in [2.24, 2.45) is 0 Å². The molecular formula is C43H29N3O. The summed E-state index contributed by atoms with van der Waals surface area (Å²) in [7, 11) is 2.09. The van der Waals surface area contributed by atoms with E-state index in [1.807, 2.05) is 24.3 Å². The van der Waals surface area contributed by atoms with Crippen LogP contribution >= 0.6 is 0 Å². The number of benzene rings is 6. The van der Waals surface area contributed by atoms with Gasteiger partial charge in [0.25, 0.3) is 0 Å². The largest absolute Gasteiger partial charge is 0.453 e. The first-order valence-corrected chi connectivity index (χ1v) is 15.8. The fourth-order valence-electron chi connectivity index (χ4n) is 6.67. The molecular weight excluding hydrogens is 574 g/mol. The summed E-state index contributed by atoms with van der Waals surface area (Å²) < 4.78 is 6.68. The molecule has 222 valence electrons. The standard InChI is InChI=1S/C43H29N3O/c1-46-40-22-20-30(38-26-34(28-12-4-2-5-13-28)32-16-8-10-18-36(32)44-38)24-42(40)47-43-25-31(21-23-41(43)46)39-27-35(29-14-6-3-7-15-29)33-17-9-11-19-37(33)45-39/h2-27H,1H3. The van der Waals surface area contributed by atoms with E-state index in [1.54, 1.807) is 0 Å². The minimum atomic E-state index is 0.794. The van der Waals surface area contributed by atoms with Gasteiger partial charge in [-0.05, 0) is 70.8 Å². The highest BCUT2D eigenvalue weighted by Gasteiger charge is 2.24. The van der Waals surface area contributed by atoms with Crippen molar-refractivity contribution in [3.63, 3.8) is 0 Å². The second-order valence-electron chi connectivity index (χ2n) is 11.9. The maximum Gasteiger partial charge on any atom is 0.151 e. The summed E-state index contributed by atoms with van der Waals surface area (Å²) in [5, 5.41) is 2.27. The third-order valence-electron chi connectivity index (χ3n) is 9.06. The Kier molecular flexibility index (Phi) is 6.32. The molecule has 0 saturated carbocycles. The fourth-order valence-corrected chi connectivity index (χ4v) is 6.67. The van der Waals surface area contributed by atoms with Crippen LogP contribution in [0, 0.1) is 0 Å². The first-order chi connectivity index (χ1) is 23.2. The van der Waals surface area contributed by atoms with E-state index < -0.39 is 0 Å². The smallest absolute Gasteiger partial charge is 0.151 e. The van der Waals surface area contributed by atoms with Gasteiger partial charge in [-0.3, -0.25) is 0 Å². The average molecular weight is 604 g/mol. The van der Waals surface area contributed by atoms with Gasteiger partial charge in [0.2, 0.25) is 0 Å². The van der Waals surface area contributed by atoms with Crippen LogP contribution in [-0.2, 0) is 0 Å².